The lowest BCUT2D eigenvalue weighted by molar-refractivity contribution is 0.179. The molecule has 0 unspecified atom stereocenters. The van der Waals surface area contributed by atoms with Crippen molar-refractivity contribution >= 4 is 14.0 Å². The molecule has 0 amide bonds. The highest BCUT2D eigenvalue weighted by Gasteiger charge is 2.07. The molecule has 0 aliphatic carbocycles. The molecule has 1 aromatic heterocycles. The molecule has 1 heterocycles. The van der Waals surface area contributed by atoms with E-state index < -0.39 is 8.40 Å². The Morgan fingerprint density at radius 3 is 2.43 bits per heavy atom. The van der Waals surface area contributed by atoms with Crippen LogP contribution in [0.3, 0.4) is 0 Å². The van der Waals surface area contributed by atoms with Crippen LogP contribution in [0.15, 0.2) is 23.5 Å². The third-order valence-electron chi connectivity index (χ3n) is 2.09. The van der Waals surface area contributed by atoms with Crippen LogP contribution in [0.5, 0.6) is 0 Å². The number of ether oxygens (including phenoxy) is 1. The molecule has 76 valence electrons. The number of hydrogen-bond acceptors (Lipinski definition) is 2. The molecule has 0 saturated carbocycles. The van der Waals surface area contributed by atoms with E-state index >= 15 is 0 Å². The van der Waals surface area contributed by atoms with Crippen LogP contribution in [0.4, 0.5) is 4.79 Å². The van der Waals surface area contributed by atoms with Crippen LogP contribution >= 0.6 is 0 Å². The summed E-state index contributed by atoms with van der Waals surface area (Å²) in [5.74, 6) is 0.522. The summed E-state index contributed by atoms with van der Waals surface area (Å²) in [5, 5.41) is 0. The van der Waals surface area contributed by atoms with Gasteiger partial charge < -0.3 is 4.74 Å². The first kappa shape index (κ1) is 11.1. The van der Waals surface area contributed by atoms with E-state index in [9.17, 15) is 4.79 Å². The van der Waals surface area contributed by atoms with Gasteiger partial charge in [-0.2, -0.15) is 0 Å². The molecule has 14 heavy (non-hydrogen) atoms. The Hall–Kier alpha value is -0.963. The van der Waals surface area contributed by atoms with E-state index in [0.717, 1.165) is 0 Å². The third kappa shape index (κ3) is 2.77. The van der Waals surface area contributed by atoms with Crippen molar-refractivity contribution in [3.8, 4) is 0 Å². The topological polar surface area (TPSA) is 26.3 Å². The Kier molecular flexibility index (Phi) is 4.01. The fraction of sp³-hybridized carbons (Fsp3) is 0.455. The quantitative estimate of drug-likeness (QED) is 0.714. The second-order valence-corrected chi connectivity index (χ2v) is 5.48. The fourth-order valence-electron chi connectivity index (χ4n) is 1.22. The van der Waals surface area contributed by atoms with Gasteiger partial charge >= 0.3 is 0 Å². The molecule has 0 N–H and O–H groups in total. The van der Waals surface area contributed by atoms with Crippen molar-refractivity contribution in [2.75, 3.05) is 6.61 Å². The Bertz CT molecular complexity index is 304. The predicted molar refractivity (Wildman–Crippen MR) is 58.9 cm³/mol. The number of rotatable bonds is 3. The van der Waals surface area contributed by atoms with Gasteiger partial charge in [-0.15, -0.1) is 0 Å². The van der Waals surface area contributed by atoms with E-state index in [-0.39, 0.29) is 5.59 Å². The second kappa shape index (κ2) is 5.05. The summed E-state index contributed by atoms with van der Waals surface area (Å²) in [6, 6.07) is 4.10. The van der Waals surface area contributed by atoms with E-state index in [1.165, 1.54) is 5.56 Å². The summed E-state index contributed by atoms with van der Waals surface area (Å²) in [6.07, 6.45) is 0. The average Bonchev–Trinajstić information content (AvgIpc) is 2.18. The molecule has 0 fully saturated rings. The van der Waals surface area contributed by atoms with Gasteiger partial charge in [0.25, 0.3) is 5.59 Å². The first-order chi connectivity index (χ1) is 6.65. The van der Waals surface area contributed by atoms with Crippen molar-refractivity contribution in [1.29, 1.82) is 0 Å². The molecule has 2 nitrogen and oxygen atoms in total. The van der Waals surface area contributed by atoms with Crippen molar-refractivity contribution in [3.05, 3.63) is 29.1 Å². The minimum absolute atomic E-state index is 0.0622. The molecule has 0 aliphatic heterocycles. The summed E-state index contributed by atoms with van der Waals surface area (Å²) >= 11 is 0. The normalized spacial score (nSPS) is 10.3. The highest BCUT2D eigenvalue weighted by atomic mass is 28.2. The molecule has 0 saturated heterocycles. The van der Waals surface area contributed by atoms with Crippen LogP contribution in [0.2, 0.25) is 0 Å². The zero-order valence-electron chi connectivity index (χ0n) is 8.91. The van der Waals surface area contributed by atoms with Gasteiger partial charge in [-0.25, -0.2) is 0 Å². The molecular weight excluding hydrogens is 192 g/mol. The first-order valence-corrected chi connectivity index (χ1v) is 6.57. The van der Waals surface area contributed by atoms with Gasteiger partial charge in [-0.3, -0.25) is 4.79 Å². The van der Waals surface area contributed by atoms with Gasteiger partial charge in [0.05, 0.1) is 6.61 Å². The van der Waals surface area contributed by atoms with E-state index in [4.69, 9.17) is 4.74 Å². The molecule has 1 rings (SSSR count). The monoisotopic (exact) mass is 208 g/mol. The molecule has 0 atom stereocenters. The zero-order valence-corrected chi connectivity index (χ0v) is 9.91. The van der Waals surface area contributed by atoms with Gasteiger partial charge in [0.2, 0.25) is 0 Å². The van der Waals surface area contributed by atoms with Crippen LogP contribution in [-0.4, -0.2) is 20.6 Å². The van der Waals surface area contributed by atoms with Crippen molar-refractivity contribution < 1.29 is 9.53 Å². The number of carbonyl (C=O) groups excluding carboxylic acids is 1. The Balaban J connectivity index is 2.78. The maximum atomic E-state index is 11.4. The summed E-state index contributed by atoms with van der Waals surface area (Å²) < 4.78 is 4.97. The Labute approximate surface area is 86.4 Å². The minimum atomic E-state index is -1.20. The second-order valence-electron chi connectivity index (χ2n) is 3.50. The van der Waals surface area contributed by atoms with Crippen molar-refractivity contribution in [3.63, 3.8) is 0 Å². The smallest absolute Gasteiger partial charge is 0.297 e. The number of carbonyl (C=O) groups is 1. The molecule has 3 heteroatoms. The van der Waals surface area contributed by atoms with Crippen molar-refractivity contribution in [2.45, 2.75) is 26.7 Å². The molecular formula is C11H16O2Si. The summed E-state index contributed by atoms with van der Waals surface area (Å²) in [5.41, 5.74) is 5.21. The largest absolute Gasteiger partial charge is 0.467 e. The number of hydrogen-bond donors (Lipinski definition) is 0. The standard InChI is InChI=1S/C11H16O2Si/c1-4-13-11(12)14-7-5-10(6-8-14)9(2)3/h5-9H,4H2,1-3H3. The van der Waals surface area contributed by atoms with Gasteiger partial charge in [0.1, 0.15) is 0 Å². The fourth-order valence-corrected chi connectivity index (χ4v) is 2.66. The maximum absolute atomic E-state index is 11.4. The van der Waals surface area contributed by atoms with Gasteiger partial charge in [-0.1, -0.05) is 37.3 Å². The van der Waals surface area contributed by atoms with Crippen LogP contribution in [0, 0.1) is 0 Å². The average molecular weight is 208 g/mol. The molecule has 0 aromatic carbocycles. The third-order valence-corrected chi connectivity index (χ3v) is 3.76. The summed E-state index contributed by atoms with van der Waals surface area (Å²) in [7, 11) is -1.20. The predicted octanol–water partition coefficient (Wildman–Crippen LogP) is 2.84. The van der Waals surface area contributed by atoms with Gasteiger partial charge in [0, 0.05) is 0 Å². The first-order valence-electron chi connectivity index (χ1n) is 4.92. The van der Waals surface area contributed by atoms with E-state index in [0.29, 0.717) is 12.5 Å². The lowest BCUT2D eigenvalue weighted by Crippen LogP contribution is -2.14. The van der Waals surface area contributed by atoms with Crippen molar-refractivity contribution in [2.24, 2.45) is 0 Å². The highest BCUT2D eigenvalue weighted by Crippen LogP contribution is 2.12. The molecule has 1 aromatic rings. The van der Waals surface area contributed by atoms with Crippen LogP contribution in [-0.2, 0) is 4.74 Å². The van der Waals surface area contributed by atoms with Gasteiger partial charge in [0.15, 0.2) is 8.40 Å². The summed E-state index contributed by atoms with van der Waals surface area (Å²) in [6.45, 7) is 6.59. The van der Waals surface area contributed by atoms with E-state index in [1.807, 2.05) is 18.3 Å². The molecule has 0 radical (unpaired) electrons. The van der Waals surface area contributed by atoms with Crippen LogP contribution < -0.4 is 0 Å². The van der Waals surface area contributed by atoms with Crippen molar-refractivity contribution in [1.82, 2.24) is 0 Å². The lowest BCUT2D eigenvalue weighted by atomic mass is 10.1. The Morgan fingerprint density at radius 2 is 2.00 bits per heavy atom. The van der Waals surface area contributed by atoms with Crippen LogP contribution in [0.1, 0.15) is 32.3 Å². The Morgan fingerprint density at radius 1 is 1.43 bits per heavy atom. The minimum Gasteiger partial charge on any atom is -0.467 e. The molecule has 0 spiro atoms. The highest BCUT2D eigenvalue weighted by molar-refractivity contribution is 6.81. The summed E-state index contributed by atoms with van der Waals surface area (Å²) in [4.78, 5) is 11.4. The zero-order chi connectivity index (χ0) is 10.6. The lowest BCUT2D eigenvalue weighted by Gasteiger charge is -2.05. The SMILES string of the molecule is CCOC(=O)[si]1ccc(C(C)C)cc1. The van der Waals surface area contributed by atoms with E-state index in [1.54, 1.807) is 0 Å². The molecule has 0 aliphatic rings. The molecule has 0 bridgehead atoms. The van der Waals surface area contributed by atoms with Gasteiger partial charge in [-0.05, 0) is 18.4 Å². The maximum Gasteiger partial charge on any atom is 0.297 e. The van der Waals surface area contributed by atoms with Crippen LogP contribution in [0.25, 0.3) is 0 Å². The van der Waals surface area contributed by atoms with E-state index in [2.05, 4.69) is 26.0 Å².